The Morgan fingerprint density at radius 3 is 1.81 bits per heavy atom. The van der Waals surface area contributed by atoms with Crippen LogP contribution in [0.4, 0.5) is 0 Å². The van der Waals surface area contributed by atoms with Gasteiger partial charge in [0.2, 0.25) is 5.91 Å². The molecule has 1 fully saturated rings. The van der Waals surface area contributed by atoms with E-state index in [0.29, 0.717) is 11.8 Å². The zero-order valence-corrected chi connectivity index (χ0v) is 11.9. The molecule has 0 bridgehead atoms. The molecule has 1 amide bonds. The summed E-state index contributed by atoms with van der Waals surface area (Å²) in [5.41, 5.74) is 0. The van der Waals surface area contributed by atoms with E-state index in [0.717, 1.165) is 24.7 Å². The van der Waals surface area contributed by atoms with Crippen LogP contribution in [0.15, 0.2) is 0 Å². The van der Waals surface area contributed by atoms with Gasteiger partial charge in [-0.1, -0.05) is 27.7 Å². The average molecular weight is 227 g/mol. The number of hydrogen-bond donors (Lipinski definition) is 0. The predicted octanol–water partition coefficient (Wildman–Crippen LogP) is 3.56. The first kappa shape index (κ1) is 15.5. The topological polar surface area (TPSA) is 20.3 Å². The zero-order chi connectivity index (χ0) is 12.7. The zero-order valence-electron chi connectivity index (χ0n) is 11.9. The van der Waals surface area contributed by atoms with Crippen molar-refractivity contribution in [1.82, 2.24) is 4.90 Å². The Hall–Kier alpha value is -0.530. The molecule has 0 aromatic heterocycles. The van der Waals surface area contributed by atoms with Gasteiger partial charge in [0, 0.05) is 20.0 Å². The molecule has 0 saturated heterocycles. The molecule has 0 heterocycles. The minimum absolute atomic E-state index is 0.306. The fraction of sp³-hybridized carbons (Fsp3) is 0.929. The van der Waals surface area contributed by atoms with Gasteiger partial charge in [-0.15, -0.1) is 0 Å². The quantitative estimate of drug-likeness (QED) is 0.706. The van der Waals surface area contributed by atoms with Crippen molar-refractivity contribution in [2.24, 2.45) is 17.8 Å². The van der Waals surface area contributed by atoms with Crippen LogP contribution in [-0.4, -0.2) is 24.9 Å². The van der Waals surface area contributed by atoms with Gasteiger partial charge >= 0.3 is 0 Å². The van der Waals surface area contributed by atoms with E-state index < -0.39 is 0 Å². The van der Waals surface area contributed by atoms with E-state index in [1.54, 1.807) is 4.90 Å². The normalized spacial score (nSPS) is 24.7. The van der Waals surface area contributed by atoms with Crippen LogP contribution in [0.5, 0.6) is 0 Å². The second kappa shape index (κ2) is 7.70. The number of carbonyl (C=O) groups is 1. The van der Waals surface area contributed by atoms with E-state index >= 15 is 0 Å². The van der Waals surface area contributed by atoms with Gasteiger partial charge < -0.3 is 4.90 Å². The lowest BCUT2D eigenvalue weighted by Gasteiger charge is -2.31. The highest BCUT2D eigenvalue weighted by molar-refractivity contribution is 5.78. The van der Waals surface area contributed by atoms with E-state index in [9.17, 15) is 4.79 Å². The lowest BCUT2D eigenvalue weighted by atomic mass is 9.76. The van der Waals surface area contributed by atoms with Gasteiger partial charge in [0.25, 0.3) is 0 Å². The van der Waals surface area contributed by atoms with Crippen LogP contribution in [0.1, 0.15) is 53.4 Å². The maximum absolute atomic E-state index is 11.7. The standard InChI is InChI=1S/C12H23NO.C2H6/c1-9(2)10-5-7-11(8-6-10)12(14)13(3)4;1-2/h9-11H,5-8H2,1-4H3;1-2H3. The molecule has 0 unspecified atom stereocenters. The molecule has 0 aromatic rings. The molecular formula is C14H29NO. The highest BCUT2D eigenvalue weighted by Crippen LogP contribution is 2.33. The van der Waals surface area contributed by atoms with Crippen LogP contribution < -0.4 is 0 Å². The van der Waals surface area contributed by atoms with Crippen molar-refractivity contribution in [3.63, 3.8) is 0 Å². The SMILES string of the molecule is CC.CC(C)C1CCC(C(=O)N(C)C)CC1. The van der Waals surface area contributed by atoms with Crippen molar-refractivity contribution >= 4 is 5.91 Å². The molecule has 96 valence electrons. The molecule has 1 aliphatic rings. The van der Waals surface area contributed by atoms with Gasteiger partial charge in [-0.2, -0.15) is 0 Å². The van der Waals surface area contributed by atoms with Gasteiger partial charge in [0.05, 0.1) is 0 Å². The Balaban J connectivity index is 0.00000106. The molecule has 0 radical (unpaired) electrons. The minimum Gasteiger partial charge on any atom is -0.349 e. The summed E-state index contributed by atoms with van der Waals surface area (Å²) in [5.74, 6) is 2.26. The van der Waals surface area contributed by atoms with Crippen molar-refractivity contribution in [3.8, 4) is 0 Å². The van der Waals surface area contributed by atoms with Gasteiger partial charge in [-0.3, -0.25) is 4.79 Å². The van der Waals surface area contributed by atoms with Crippen LogP contribution >= 0.6 is 0 Å². The Bertz CT molecular complexity index is 191. The maximum atomic E-state index is 11.7. The third-order valence-corrected chi connectivity index (χ3v) is 3.50. The van der Waals surface area contributed by atoms with Crippen LogP contribution in [0, 0.1) is 17.8 Å². The first-order chi connectivity index (χ1) is 7.52. The second-order valence-electron chi connectivity index (χ2n) is 5.09. The Kier molecular flexibility index (Phi) is 7.44. The van der Waals surface area contributed by atoms with Gasteiger partial charge in [-0.25, -0.2) is 0 Å². The fourth-order valence-corrected chi connectivity index (χ4v) is 2.40. The van der Waals surface area contributed by atoms with E-state index in [1.807, 2.05) is 27.9 Å². The van der Waals surface area contributed by atoms with Crippen molar-refractivity contribution in [2.45, 2.75) is 53.4 Å². The number of rotatable bonds is 2. The first-order valence-corrected chi connectivity index (χ1v) is 6.73. The van der Waals surface area contributed by atoms with Crippen LogP contribution in [-0.2, 0) is 4.79 Å². The lowest BCUT2D eigenvalue weighted by molar-refractivity contribution is -0.134. The van der Waals surface area contributed by atoms with E-state index in [1.165, 1.54) is 12.8 Å². The molecule has 1 rings (SSSR count). The Labute approximate surface area is 101 Å². The van der Waals surface area contributed by atoms with Gasteiger partial charge in [0.1, 0.15) is 0 Å². The van der Waals surface area contributed by atoms with Crippen molar-refractivity contribution in [3.05, 3.63) is 0 Å². The van der Waals surface area contributed by atoms with Crippen molar-refractivity contribution in [2.75, 3.05) is 14.1 Å². The van der Waals surface area contributed by atoms with Gasteiger partial charge in [0.15, 0.2) is 0 Å². The van der Waals surface area contributed by atoms with Crippen molar-refractivity contribution in [1.29, 1.82) is 0 Å². The number of amides is 1. The molecule has 0 aromatic carbocycles. The smallest absolute Gasteiger partial charge is 0.225 e. The number of hydrogen-bond acceptors (Lipinski definition) is 1. The molecule has 0 atom stereocenters. The van der Waals surface area contributed by atoms with Crippen LogP contribution in [0.2, 0.25) is 0 Å². The summed E-state index contributed by atoms with van der Waals surface area (Å²) in [6.45, 7) is 8.58. The molecule has 0 N–H and O–H groups in total. The third-order valence-electron chi connectivity index (χ3n) is 3.50. The van der Waals surface area contributed by atoms with Gasteiger partial charge in [-0.05, 0) is 37.5 Å². The lowest BCUT2D eigenvalue weighted by Crippen LogP contribution is -2.32. The fourth-order valence-electron chi connectivity index (χ4n) is 2.40. The van der Waals surface area contributed by atoms with E-state index in [4.69, 9.17) is 0 Å². The van der Waals surface area contributed by atoms with Crippen molar-refractivity contribution < 1.29 is 4.79 Å². The summed E-state index contributed by atoms with van der Waals surface area (Å²) in [6, 6.07) is 0. The van der Waals surface area contributed by atoms with E-state index in [-0.39, 0.29) is 0 Å². The first-order valence-electron chi connectivity index (χ1n) is 6.73. The molecule has 0 spiro atoms. The molecule has 1 aliphatic carbocycles. The summed E-state index contributed by atoms with van der Waals surface area (Å²) >= 11 is 0. The molecule has 2 nitrogen and oxygen atoms in total. The molecular weight excluding hydrogens is 198 g/mol. The Morgan fingerprint density at radius 2 is 1.50 bits per heavy atom. The molecule has 2 heteroatoms. The maximum Gasteiger partial charge on any atom is 0.225 e. The highest BCUT2D eigenvalue weighted by atomic mass is 16.2. The largest absolute Gasteiger partial charge is 0.349 e. The summed E-state index contributed by atoms with van der Waals surface area (Å²) in [5, 5.41) is 0. The minimum atomic E-state index is 0.306. The third kappa shape index (κ3) is 4.54. The van der Waals surface area contributed by atoms with Crippen LogP contribution in [0.25, 0.3) is 0 Å². The summed E-state index contributed by atoms with van der Waals surface area (Å²) in [4.78, 5) is 13.4. The predicted molar refractivity (Wildman–Crippen MR) is 70.3 cm³/mol. The van der Waals surface area contributed by atoms with E-state index in [2.05, 4.69) is 13.8 Å². The van der Waals surface area contributed by atoms with Crippen LogP contribution in [0.3, 0.4) is 0 Å². The monoisotopic (exact) mass is 227 g/mol. The summed E-state index contributed by atoms with van der Waals surface area (Å²) in [7, 11) is 3.72. The second-order valence-corrected chi connectivity index (χ2v) is 5.09. The summed E-state index contributed by atoms with van der Waals surface area (Å²) < 4.78 is 0. The summed E-state index contributed by atoms with van der Waals surface area (Å²) in [6.07, 6.45) is 4.67. The highest BCUT2D eigenvalue weighted by Gasteiger charge is 2.28. The molecule has 0 aliphatic heterocycles. The Morgan fingerprint density at radius 1 is 1.06 bits per heavy atom. The number of nitrogens with zero attached hydrogens (tertiary/aromatic N) is 1. The number of carbonyl (C=O) groups excluding carboxylic acids is 1. The molecule has 16 heavy (non-hydrogen) atoms. The molecule has 1 saturated carbocycles. The average Bonchev–Trinajstić information content (AvgIpc) is 2.30.